The molecule has 0 bridgehead atoms. The maximum absolute atomic E-state index is 13.0. The molecule has 0 fully saturated rings. The van der Waals surface area contributed by atoms with E-state index in [-0.39, 0.29) is 5.82 Å². The molecule has 0 aliphatic rings. The van der Waals surface area contributed by atoms with Crippen LogP contribution in [-0.4, -0.2) is 26.1 Å². The first-order chi connectivity index (χ1) is 13.2. The molecule has 0 amide bonds. The second-order valence-electron chi connectivity index (χ2n) is 6.00. The third-order valence-corrected chi connectivity index (χ3v) is 4.13. The van der Waals surface area contributed by atoms with Crippen molar-refractivity contribution in [2.24, 2.45) is 0 Å². The van der Waals surface area contributed by atoms with E-state index in [1.54, 1.807) is 24.4 Å². The fraction of sp³-hybridized carbons (Fsp3) is 0.150. The lowest BCUT2D eigenvalue weighted by Gasteiger charge is -2.09. The molecule has 136 valence electrons. The summed E-state index contributed by atoms with van der Waals surface area (Å²) < 4.78 is 20.8. The van der Waals surface area contributed by atoms with E-state index in [1.165, 1.54) is 12.1 Å². The van der Waals surface area contributed by atoms with Crippen LogP contribution in [0.2, 0.25) is 0 Å². The van der Waals surface area contributed by atoms with Crippen molar-refractivity contribution in [1.82, 2.24) is 19.5 Å². The largest absolute Gasteiger partial charge is 0.439 e. The van der Waals surface area contributed by atoms with Gasteiger partial charge in [0.1, 0.15) is 17.4 Å². The highest BCUT2D eigenvalue weighted by molar-refractivity contribution is 5.75. The summed E-state index contributed by atoms with van der Waals surface area (Å²) in [5.41, 5.74) is 2.09. The number of aromatic nitrogens is 4. The number of anilines is 1. The van der Waals surface area contributed by atoms with Crippen molar-refractivity contribution in [3.8, 4) is 11.6 Å². The minimum absolute atomic E-state index is 0.310. The van der Waals surface area contributed by atoms with Crippen molar-refractivity contribution >= 4 is 17.0 Å². The van der Waals surface area contributed by atoms with E-state index < -0.39 is 0 Å². The Labute approximate surface area is 155 Å². The minimum atomic E-state index is -0.310. The summed E-state index contributed by atoms with van der Waals surface area (Å²) in [6, 6.07) is 15.5. The molecular weight excluding hydrogens is 345 g/mol. The molecule has 0 radical (unpaired) electrons. The number of ether oxygens (including phenoxy) is 1. The van der Waals surface area contributed by atoms with Gasteiger partial charge < -0.3 is 14.6 Å². The number of benzene rings is 2. The number of hydrogen-bond acceptors (Lipinski definition) is 5. The molecule has 0 atom stereocenters. The number of para-hydroxylation sites is 2. The summed E-state index contributed by atoms with van der Waals surface area (Å²) in [5.74, 6) is 2.03. The number of halogens is 1. The highest BCUT2D eigenvalue weighted by Crippen LogP contribution is 2.20. The van der Waals surface area contributed by atoms with Crippen LogP contribution in [0, 0.1) is 12.7 Å². The van der Waals surface area contributed by atoms with Gasteiger partial charge in [-0.25, -0.2) is 14.4 Å². The van der Waals surface area contributed by atoms with Gasteiger partial charge in [0.25, 0.3) is 0 Å². The van der Waals surface area contributed by atoms with Crippen LogP contribution in [0.5, 0.6) is 11.6 Å². The molecule has 0 saturated heterocycles. The first-order valence-corrected chi connectivity index (χ1v) is 8.61. The lowest BCUT2D eigenvalue weighted by Crippen LogP contribution is -2.13. The molecule has 2 aromatic heterocycles. The van der Waals surface area contributed by atoms with Gasteiger partial charge in [-0.15, -0.1) is 0 Å². The van der Waals surface area contributed by atoms with E-state index in [2.05, 4.69) is 30.9 Å². The first kappa shape index (κ1) is 17.0. The van der Waals surface area contributed by atoms with Gasteiger partial charge in [0, 0.05) is 25.4 Å². The van der Waals surface area contributed by atoms with Crippen LogP contribution in [0.1, 0.15) is 5.82 Å². The number of nitrogens with zero attached hydrogens (tertiary/aromatic N) is 4. The fourth-order valence-corrected chi connectivity index (χ4v) is 2.87. The van der Waals surface area contributed by atoms with Crippen molar-refractivity contribution in [3.05, 3.63) is 72.4 Å². The number of hydrogen-bond donors (Lipinski definition) is 1. The van der Waals surface area contributed by atoms with E-state index in [1.807, 2.05) is 25.1 Å². The van der Waals surface area contributed by atoms with Crippen molar-refractivity contribution in [1.29, 1.82) is 0 Å². The van der Waals surface area contributed by atoms with Gasteiger partial charge >= 0.3 is 0 Å². The standard InChI is InChI=1S/C20H18FN5O/c1-14-24-17-4-2-3-5-18(17)26(14)13-12-23-20-22-11-10-19(25-20)27-16-8-6-15(21)7-9-16/h2-11H,12-13H2,1H3,(H,22,23,25). The van der Waals surface area contributed by atoms with Gasteiger partial charge in [0.15, 0.2) is 0 Å². The lowest BCUT2D eigenvalue weighted by molar-refractivity contribution is 0.460. The summed E-state index contributed by atoms with van der Waals surface area (Å²) in [7, 11) is 0. The average Bonchev–Trinajstić information content (AvgIpc) is 3.00. The van der Waals surface area contributed by atoms with Crippen molar-refractivity contribution < 1.29 is 9.13 Å². The van der Waals surface area contributed by atoms with E-state index in [0.717, 1.165) is 23.4 Å². The SMILES string of the molecule is Cc1nc2ccccc2n1CCNc1nccc(Oc2ccc(F)cc2)n1. The normalized spacial score (nSPS) is 10.9. The molecule has 1 N–H and O–H groups in total. The Kier molecular flexibility index (Phi) is 4.65. The van der Waals surface area contributed by atoms with Gasteiger partial charge in [0.2, 0.25) is 11.8 Å². The molecule has 0 aliphatic carbocycles. The zero-order valence-electron chi connectivity index (χ0n) is 14.8. The predicted octanol–water partition coefficient (Wildman–Crippen LogP) is 4.18. The molecule has 4 aromatic rings. The Morgan fingerprint density at radius 1 is 1.04 bits per heavy atom. The zero-order chi connectivity index (χ0) is 18.6. The van der Waals surface area contributed by atoms with Crippen molar-refractivity contribution in [2.45, 2.75) is 13.5 Å². The van der Waals surface area contributed by atoms with Gasteiger partial charge in [-0.2, -0.15) is 4.98 Å². The molecule has 6 nitrogen and oxygen atoms in total. The summed E-state index contributed by atoms with van der Waals surface area (Å²) in [6.45, 7) is 3.37. The Morgan fingerprint density at radius 3 is 2.70 bits per heavy atom. The van der Waals surface area contributed by atoms with Crippen LogP contribution >= 0.6 is 0 Å². The van der Waals surface area contributed by atoms with Crippen LogP contribution in [0.15, 0.2) is 60.8 Å². The van der Waals surface area contributed by atoms with E-state index in [4.69, 9.17) is 4.74 Å². The molecule has 2 heterocycles. The molecule has 0 unspecified atom stereocenters. The Hall–Kier alpha value is -3.48. The van der Waals surface area contributed by atoms with Crippen LogP contribution < -0.4 is 10.1 Å². The van der Waals surface area contributed by atoms with E-state index in [0.29, 0.717) is 24.1 Å². The lowest BCUT2D eigenvalue weighted by atomic mass is 10.3. The van der Waals surface area contributed by atoms with Gasteiger partial charge in [-0.3, -0.25) is 0 Å². The number of fused-ring (bicyclic) bond motifs is 1. The topological polar surface area (TPSA) is 64.9 Å². The number of imidazole rings is 1. The Bertz CT molecular complexity index is 1060. The summed E-state index contributed by atoms with van der Waals surface area (Å²) >= 11 is 0. The number of nitrogens with one attached hydrogen (secondary N) is 1. The fourth-order valence-electron chi connectivity index (χ4n) is 2.87. The van der Waals surface area contributed by atoms with Crippen LogP contribution in [0.25, 0.3) is 11.0 Å². The molecule has 0 saturated carbocycles. The van der Waals surface area contributed by atoms with Gasteiger partial charge in [-0.1, -0.05) is 12.1 Å². The second kappa shape index (κ2) is 7.41. The molecular formula is C20H18FN5O. The molecule has 0 spiro atoms. The number of rotatable bonds is 6. The second-order valence-corrected chi connectivity index (χ2v) is 6.00. The van der Waals surface area contributed by atoms with E-state index >= 15 is 0 Å². The molecule has 7 heteroatoms. The molecule has 0 aliphatic heterocycles. The van der Waals surface area contributed by atoms with Crippen LogP contribution in [-0.2, 0) is 6.54 Å². The molecule has 27 heavy (non-hydrogen) atoms. The van der Waals surface area contributed by atoms with Crippen LogP contribution in [0.3, 0.4) is 0 Å². The third-order valence-electron chi connectivity index (χ3n) is 4.13. The maximum Gasteiger partial charge on any atom is 0.226 e. The van der Waals surface area contributed by atoms with Gasteiger partial charge in [0.05, 0.1) is 11.0 Å². The predicted molar refractivity (Wildman–Crippen MR) is 101 cm³/mol. The Balaban J connectivity index is 1.41. The zero-order valence-corrected chi connectivity index (χ0v) is 14.8. The summed E-state index contributed by atoms with van der Waals surface area (Å²) in [5, 5.41) is 3.20. The smallest absolute Gasteiger partial charge is 0.226 e. The first-order valence-electron chi connectivity index (χ1n) is 8.61. The van der Waals surface area contributed by atoms with E-state index in [9.17, 15) is 4.39 Å². The Morgan fingerprint density at radius 2 is 1.85 bits per heavy atom. The monoisotopic (exact) mass is 363 g/mol. The van der Waals surface area contributed by atoms with Crippen molar-refractivity contribution in [3.63, 3.8) is 0 Å². The van der Waals surface area contributed by atoms with Crippen molar-refractivity contribution in [2.75, 3.05) is 11.9 Å². The molecule has 2 aromatic carbocycles. The maximum atomic E-state index is 13.0. The molecule has 4 rings (SSSR count). The third kappa shape index (κ3) is 3.87. The minimum Gasteiger partial charge on any atom is -0.439 e. The quantitative estimate of drug-likeness (QED) is 0.557. The summed E-state index contributed by atoms with van der Waals surface area (Å²) in [4.78, 5) is 13.1. The average molecular weight is 363 g/mol. The van der Waals surface area contributed by atoms with Gasteiger partial charge in [-0.05, 0) is 43.3 Å². The number of aryl methyl sites for hydroxylation is 1. The highest BCUT2D eigenvalue weighted by Gasteiger charge is 2.07. The summed E-state index contributed by atoms with van der Waals surface area (Å²) in [6.07, 6.45) is 1.62. The highest BCUT2D eigenvalue weighted by atomic mass is 19.1. The van der Waals surface area contributed by atoms with Crippen LogP contribution in [0.4, 0.5) is 10.3 Å².